The molecular formula is C15H21NO5. The van der Waals surface area contributed by atoms with E-state index in [0.29, 0.717) is 24.5 Å². The molecule has 1 rings (SSSR count). The van der Waals surface area contributed by atoms with Crippen molar-refractivity contribution in [1.29, 1.82) is 0 Å². The first kappa shape index (κ1) is 16.8. The number of amides is 1. The van der Waals surface area contributed by atoms with Crippen LogP contribution < -0.4 is 9.47 Å². The van der Waals surface area contributed by atoms with E-state index in [-0.39, 0.29) is 18.9 Å². The first-order valence-electron chi connectivity index (χ1n) is 6.72. The molecule has 0 aromatic heterocycles. The fourth-order valence-corrected chi connectivity index (χ4v) is 1.99. The van der Waals surface area contributed by atoms with Gasteiger partial charge < -0.3 is 19.5 Å². The molecule has 116 valence electrons. The number of nitrogens with zero attached hydrogens (tertiary/aromatic N) is 1. The monoisotopic (exact) mass is 295 g/mol. The lowest BCUT2D eigenvalue weighted by atomic mass is 10.1. The summed E-state index contributed by atoms with van der Waals surface area (Å²) in [6, 6.07) is 5.47. The van der Waals surface area contributed by atoms with E-state index in [9.17, 15) is 9.59 Å². The number of carbonyl (C=O) groups excluding carboxylic acids is 1. The number of carbonyl (C=O) groups is 2. The Kier molecular flexibility index (Phi) is 6.52. The zero-order valence-corrected chi connectivity index (χ0v) is 12.6. The van der Waals surface area contributed by atoms with Gasteiger partial charge in [-0.3, -0.25) is 9.59 Å². The molecule has 0 atom stereocenters. The van der Waals surface area contributed by atoms with Crippen molar-refractivity contribution in [2.45, 2.75) is 19.8 Å². The van der Waals surface area contributed by atoms with Crippen molar-refractivity contribution in [3.05, 3.63) is 23.8 Å². The van der Waals surface area contributed by atoms with Crippen LogP contribution in [-0.2, 0) is 16.0 Å². The van der Waals surface area contributed by atoms with Gasteiger partial charge in [0, 0.05) is 13.0 Å². The van der Waals surface area contributed by atoms with Gasteiger partial charge in [-0.2, -0.15) is 0 Å². The number of rotatable bonds is 8. The molecule has 0 aliphatic rings. The molecular weight excluding hydrogens is 274 g/mol. The molecule has 1 amide bonds. The number of methoxy groups -OCH3 is 2. The smallest absolute Gasteiger partial charge is 0.323 e. The van der Waals surface area contributed by atoms with Crippen LogP contribution in [0.3, 0.4) is 0 Å². The van der Waals surface area contributed by atoms with Crippen LogP contribution >= 0.6 is 0 Å². The SMILES string of the molecule is CCN(CC(=O)O)C(=O)CCc1ccc(OC)c(OC)c1. The summed E-state index contributed by atoms with van der Waals surface area (Å²) in [5, 5.41) is 8.75. The van der Waals surface area contributed by atoms with Gasteiger partial charge in [-0.25, -0.2) is 0 Å². The van der Waals surface area contributed by atoms with Crippen LogP contribution in [0.15, 0.2) is 18.2 Å². The summed E-state index contributed by atoms with van der Waals surface area (Å²) in [6.07, 6.45) is 0.784. The van der Waals surface area contributed by atoms with Crippen LogP contribution in [0.25, 0.3) is 0 Å². The first-order valence-corrected chi connectivity index (χ1v) is 6.72. The van der Waals surface area contributed by atoms with E-state index >= 15 is 0 Å². The number of aliphatic carboxylic acids is 1. The van der Waals surface area contributed by atoms with E-state index in [2.05, 4.69) is 0 Å². The molecule has 0 spiro atoms. The molecule has 21 heavy (non-hydrogen) atoms. The van der Waals surface area contributed by atoms with Crippen LogP contribution in [0.1, 0.15) is 18.9 Å². The number of benzene rings is 1. The summed E-state index contributed by atoms with van der Waals surface area (Å²) in [5.74, 6) is 0.0694. The Morgan fingerprint density at radius 1 is 1.19 bits per heavy atom. The summed E-state index contributed by atoms with van der Waals surface area (Å²) in [5.41, 5.74) is 0.937. The van der Waals surface area contributed by atoms with Gasteiger partial charge in [-0.1, -0.05) is 6.07 Å². The average Bonchev–Trinajstić information content (AvgIpc) is 2.49. The van der Waals surface area contributed by atoms with Crippen LogP contribution in [0.5, 0.6) is 11.5 Å². The van der Waals surface area contributed by atoms with E-state index < -0.39 is 5.97 Å². The largest absolute Gasteiger partial charge is 0.493 e. The minimum Gasteiger partial charge on any atom is -0.493 e. The number of hydrogen-bond acceptors (Lipinski definition) is 4. The molecule has 1 N–H and O–H groups in total. The zero-order chi connectivity index (χ0) is 15.8. The van der Waals surface area contributed by atoms with Gasteiger partial charge >= 0.3 is 5.97 Å². The van der Waals surface area contributed by atoms with Crippen molar-refractivity contribution in [1.82, 2.24) is 4.90 Å². The molecule has 0 unspecified atom stereocenters. The highest BCUT2D eigenvalue weighted by Crippen LogP contribution is 2.27. The average molecular weight is 295 g/mol. The molecule has 0 radical (unpaired) electrons. The van der Waals surface area contributed by atoms with Crippen LogP contribution in [0.2, 0.25) is 0 Å². The Balaban J connectivity index is 2.65. The highest BCUT2D eigenvalue weighted by Gasteiger charge is 2.15. The maximum atomic E-state index is 12.0. The number of ether oxygens (including phenoxy) is 2. The van der Waals surface area contributed by atoms with Crippen LogP contribution in [-0.4, -0.2) is 49.2 Å². The third-order valence-corrected chi connectivity index (χ3v) is 3.14. The lowest BCUT2D eigenvalue weighted by Crippen LogP contribution is -2.35. The summed E-state index contributed by atoms with van der Waals surface area (Å²) in [6.45, 7) is 1.88. The third kappa shape index (κ3) is 4.98. The fraction of sp³-hybridized carbons (Fsp3) is 0.467. The standard InChI is InChI=1S/C15H21NO5/c1-4-16(10-15(18)19)14(17)8-6-11-5-7-12(20-2)13(9-11)21-3/h5,7,9H,4,6,8,10H2,1-3H3,(H,18,19). The molecule has 1 aromatic carbocycles. The molecule has 0 saturated carbocycles. The van der Waals surface area contributed by atoms with E-state index in [1.54, 1.807) is 27.2 Å². The number of aryl methyl sites for hydroxylation is 1. The van der Waals surface area contributed by atoms with Crippen molar-refractivity contribution in [3.8, 4) is 11.5 Å². The topological polar surface area (TPSA) is 76.1 Å². The van der Waals surface area contributed by atoms with Crippen molar-refractivity contribution >= 4 is 11.9 Å². The molecule has 0 aliphatic heterocycles. The minimum absolute atomic E-state index is 0.172. The molecule has 0 saturated heterocycles. The number of carboxylic acids is 1. The van der Waals surface area contributed by atoms with E-state index in [1.165, 1.54) is 4.90 Å². The van der Waals surface area contributed by atoms with Crippen LogP contribution in [0.4, 0.5) is 0 Å². The second-order valence-electron chi connectivity index (χ2n) is 4.49. The van der Waals surface area contributed by atoms with Crippen molar-refractivity contribution < 1.29 is 24.2 Å². The molecule has 0 fully saturated rings. The zero-order valence-electron chi connectivity index (χ0n) is 12.6. The van der Waals surface area contributed by atoms with Gasteiger partial charge in [0.15, 0.2) is 11.5 Å². The quantitative estimate of drug-likeness (QED) is 0.788. The molecule has 6 nitrogen and oxygen atoms in total. The summed E-state index contributed by atoms with van der Waals surface area (Å²) in [4.78, 5) is 24.0. The third-order valence-electron chi connectivity index (χ3n) is 3.14. The highest BCUT2D eigenvalue weighted by atomic mass is 16.5. The van der Waals surface area contributed by atoms with Crippen molar-refractivity contribution in [2.75, 3.05) is 27.3 Å². The Labute approximate surface area is 124 Å². The molecule has 0 aliphatic carbocycles. The molecule has 0 heterocycles. The van der Waals surface area contributed by atoms with Crippen molar-refractivity contribution in [2.24, 2.45) is 0 Å². The normalized spacial score (nSPS) is 10.0. The number of hydrogen-bond donors (Lipinski definition) is 1. The second kappa shape index (κ2) is 8.14. The molecule has 1 aromatic rings. The number of carboxylic acid groups (broad SMARTS) is 1. The van der Waals surface area contributed by atoms with Gasteiger partial charge in [-0.05, 0) is 31.0 Å². The van der Waals surface area contributed by atoms with Gasteiger partial charge in [0.1, 0.15) is 6.54 Å². The Bertz CT molecular complexity index is 501. The van der Waals surface area contributed by atoms with E-state index in [0.717, 1.165) is 5.56 Å². The van der Waals surface area contributed by atoms with Crippen molar-refractivity contribution in [3.63, 3.8) is 0 Å². The number of likely N-dealkylation sites (N-methyl/N-ethyl adjacent to an activating group) is 1. The van der Waals surface area contributed by atoms with Crippen LogP contribution in [0, 0.1) is 0 Å². The van der Waals surface area contributed by atoms with Gasteiger partial charge in [-0.15, -0.1) is 0 Å². The Morgan fingerprint density at radius 3 is 2.38 bits per heavy atom. The first-order chi connectivity index (χ1) is 10.0. The van der Waals surface area contributed by atoms with E-state index in [1.807, 2.05) is 12.1 Å². The maximum Gasteiger partial charge on any atom is 0.323 e. The predicted molar refractivity (Wildman–Crippen MR) is 77.8 cm³/mol. The molecule has 0 bridgehead atoms. The molecule has 6 heteroatoms. The minimum atomic E-state index is -1.00. The highest BCUT2D eigenvalue weighted by molar-refractivity contribution is 5.81. The fourth-order valence-electron chi connectivity index (χ4n) is 1.99. The second-order valence-corrected chi connectivity index (χ2v) is 4.49. The summed E-state index contributed by atoms with van der Waals surface area (Å²) >= 11 is 0. The Morgan fingerprint density at radius 2 is 1.86 bits per heavy atom. The Hall–Kier alpha value is -2.24. The van der Waals surface area contributed by atoms with Gasteiger partial charge in [0.25, 0.3) is 0 Å². The lowest BCUT2D eigenvalue weighted by molar-refractivity contribution is -0.144. The summed E-state index contributed by atoms with van der Waals surface area (Å²) < 4.78 is 10.4. The predicted octanol–water partition coefficient (Wildman–Crippen LogP) is 1.57. The van der Waals surface area contributed by atoms with E-state index in [4.69, 9.17) is 14.6 Å². The van der Waals surface area contributed by atoms with Gasteiger partial charge in [0.2, 0.25) is 5.91 Å². The maximum absolute atomic E-state index is 12.0. The lowest BCUT2D eigenvalue weighted by Gasteiger charge is -2.18. The summed E-state index contributed by atoms with van der Waals surface area (Å²) in [7, 11) is 3.12. The van der Waals surface area contributed by atoms with Gasteiger partial charge in [0.05, 0.1) is 14.2 Å².